The number of carbonyl (C=O) groups excluding carboxylic acids is 1. The van der Waals surface area contributed by atoms with Gasteiger partial charge in [0.15, 0.2) is 0 Å². The van der Waals surface area contributed by atoms with Crippen LogP contribution in [0.4, 0.5) is 0 Å². The summed E-state index contributed by atoms with van der Waals surface area (Å²) in [4.78, 5) is 11.8. The summed E-state index contributed by atoms with van der Waals surface area (Å²) >= 11 is 0. The monoisotopic (exact) mass is 241 g/mol. The Morgan fingerprint density at radius 3 is 2.94 bits per heavy atom. The fourth-order valence-electron chi connectivity index (χ4n) is 2.92. The summed E-state index contributed by atoms with van der Waals surface area (Å²) in [6.07, 6.45) is 4.13. The van der Waals surface area contributed by atoms with Gasteiger partial charge in [0.25, 0.3) is 0 Å². The lowest BCUT2D eigenvalue weighted by Gasteiger charge is -2.32. The van der Waals surface area contributed by atoms with Gasteiger partial charge in [0.2, 0.25) is 0 Å². The van der Waals surface area contributed by atoms with Crippen LogP contribution in [0.1, 0.15) is 39.5 Å². The van der Waals surface area contributed by atoms with Gasteiger partial charge in [0.1, 0.15) is 11.6 Å². The molecule has 2 fully saturated rings. The fourth-order valence-corrected chi connectivity index (χ4v) is 2.92. The Bertz CT molecular complexity index is 292. The molecule has 0 aliphatic carbocycles. The first-order valence-corrected chi connectivity index (χ1v) is 6.58. The van der Waals surface area contributed by atoms with Crippen molar-refractivity contribution in [3.05, 3.63) is 0 Å². The van der Waals surface area contributed by atoms with Crippen LogP contribution in [0.5, 0.6) is 0 Å². The Morgan fingerprint density at radius 2 is 2.35 bits per heavy atom. The molecule has 17 heavy (non-hydrogen) atoms. The maximum absolute atomic E-state index is 11.8. The summed E-state index contributed by atoms with van der Waals surface area (Å²) < 4.78 is 10.8. The van der Waals surface area contributed by atoms with E-state index in [1.54, 1.807) is 0 Å². The summed E-state index contributed by atoms with van der Waals surface area (Å²) in [7, 11) is 1.45. The topological polar surface area (TPSA) is 47.6 Å². The van der Waals surface area contributed by atoms with Crippen molar-refractivity contribution >= 4 is 5.97 Å². The van der Waals surface area contributed by atoms with Crippen LogP contribution in [0.2, 0.25) is 0 Å². The van der Waals surface area contributed by atoms with Crippen molar-refractivity contribution in [1.82, 2.24) is 5.32 Å². The molecule has 0 saturated carbocycles. The van der Waals surface area contributed by atoms with Crippen LogP contribution in [-0.2, 0) is 14.3 Å². The molecule has 2 aliphatic heterocycles. The molecule has 2 bridgehead atoms. The van der Waals surface area contributed by atoms with E-state index in [0.717, 1.165) is 32.2 Å². The minimum Gasteiger partial charge on any atom is -0.469 e. The number of methoxy groups -OCH3 is 1. The summed E-state index contributed by atoms with van der Waals surface area (Å²) in [5, 5.41) is 3.46. The summed E-state index contributed by atoms with van der Waals surface area (Å²) in [6.45, 7) is 5.30. The molecule has 2 rings (SSSR count). The number of ether oxygens (including phenoxy) is 2. The van der Waals surface area contributed by atoms with Gasteiger partial charge in [-0.25, -0.2) is 0 Å². The molecule has 1 N–H and O–H groups in total. The van der Waals surface area contributed by atoms with Crippen molar-refractivity contribution in [3.63, 3.8) is 0 Å². The third-order valence-corrected chi connectivity index (χ3v) is 3.91. The molecule has 0 amide bonds. The molecular formula is C13H23NO3. The van der Waals surface area contributed by atoms with Crippen LogP contribution in [0.25, 0.3) is 0 Å². The van der Waals surface area contributed by atoms with Gasteiger partial charge in [-0.15, -0.1) is 0 Å². The van der Waals surface area contributed by atoms with E-state index in [2.05, 4.69) is 19.2 Å². The van der Waals surface area contributed by atoms with Gasteiger partial charge in [0, 0.05) is 0 Å². The van der Waals surface area contributed by atoms with Gasteiger partial charge in [-0.05, 0) is 38.1 Å². The van der Waals surface area contributed by atoms with Gasteiger partial charge < -0.3 is 9.47 Å². The van der Waals surface area contributed by atoms with E-state index in [0.29, 0.717) is 5.92 Å². The van der Waals surface area contributed by atoms with Crippen LogP contribution < -0.4 is 5.32 Å². The van der Waals surface area contributed by atoms with Crippen LogP contribution in [0, 0.1) is 11.8 Å². The van der Waals surface area contributed by atoms with Gasteiger partial charge in [-0.1, -0.05) is 13.8 Å². The zero-order valence-electron chi connectivity index (χ0n) is 11.0. The highest BCUT2D eigenvalue weighted by atomic mass is 16.6. The van der Waals surface area contributed by atoms with Gasteiger partial charge >= 0.3 is 5.97 Å². The molecular weight excluding hydrogens is 218 g/mol. The number of fused-ring (bicyclic) bond motifs is 2. The molecule has 0 aromatic rings. The van der Waals surface area contributed by atoms with Crippen LogP contribution in [0.3, 0.4) is 0 Å². The normalized spacial score (nSPS) is 35.5. The number of hydrogen-bond donors (Lipinski definition) is 1. The molecule has 0 aromatic heterocycles. The van der Waals surface area contributed by atoms with Gasteiger partial charge in [-0.2, -0.15) is 0 Å². The van der Waals surface area contributed by atoms with Crippen LogP contribution in [0.15, 0.2) is 0 Å². The average molecular weight is 241 g/mol. The Morgan fingerprint density at radius 1 is 1.59 bits per heavy atom. The standard InChI is InChI=1S/C13H23NO3/c1-9(2)5-7-14-13-6-4-10(17-13)8-11(13)12(15)16-3/h9-11,14H,4-8H2,1-3H3. The highest BCUT2D eigenvalue weighted by Crippen LogP contribution is 2.46. The second-order valence-electron chi connectivity index (χ2n) is 5.59. The second kappa shape index (κ2) is 4.94. The SMILES string of the molecule is COC(=O)C1CC2CCC1(NCCC(C)C)O2. The average Bonchev–Trinajstić information content (AvgIpc) is 2.84. The third-order valence-electron chi connectivity index (χ3n) is 3.91. The van der Waals surface area contributed by atoms with E-state index in [1.807, 2.05) is 0 Å². The first-order chi connectivity index (χ1) is 8.07. The van der Waals surface area contributed by atoms with Crippen LogP contribution >= 0.6 is 0 Å². The third kappa shape index (κ3) is 2.47. The number of rotatable bonds is 5. The van der Waals surface area contributed by atoms with Crippen molar-refractivity contribution in [2.24, 2.45) is 11.8 Å². The van der Waals surface area contributed by atoms with Crippen molar-refractivity contribution in [2.75, 3.05) is 13.7 Å². The van der Waals surface area contributed by atoms with E-state index < -0.39 is 5.72 Å². The number of hydrogen-bond acceptors (Lipinski definition) is 4. The van der Waals surface area contributed by atoms with E-state index in [1.165, 1.54) is 7.11 Å². The molecule has 98 valence electrons. The molecule has 3 unspecified atom stereocenters. The molecule has 0 aromatic carbocycles. The summed E-state index contributed by atoms with van der Waals surface area (Å²) in [6, 6.07) is 0. The smallest absolute Gasteiger partial charge is 0.313 e. The Kier molecular flexibility index (Phi) is 3.73. The lowest BCUT2D eigenvalue weighted by Crippen LogP contribution is -2.51. The Hall–Kier alpha value is -0.610. The summed E-state index contributed by atoms with van der Waals surface area (Å²) in [5.41, 5.74) is -0.438. The highest BCUT2D eigenvalue weighted by Gasteiger charge is 2.56. The largest absolute Gasteiger partial charge is 0.469 e. The number of carbonyl (C=O) groups is 1. The highest BCUT2D eigenvalue weighted by molar-refractivity contribution is 5.74. The molecule has 3 atom stereocenters. The zero-order chi connectivity index (χ0) is 12.5. The van der Waals surface area contributed by atoms with E-state index in [4.69, 9.17) is 9.47 Å². The first-order valence-electron chi connectivity index (χ1n) is 6.58. The molecule has 4 nitrogen and oxygen atoms in total. The van der Waals surface area contributed by atoms with Crippen molar-refractivity contribution in [1.29, 1.82) is 0 Å². The minimum atomic E-state index is -0.438. The molecule has 0 spiro atoms. The van der Waals surface area contributed by atoms with E-state index in [-0.39, 0.29) is 18.0 Å². The lowest BCUT2D eigenvalue weighted by molar-refractivity contribution is -0.153. The summed E-state index contributed by atoms with van der Waals surface area (Å²) in [5.74, 6) is 0.400. The van der Waals surface area contributed by atoms with Gasteiger partial charge in [-0.3, -0.25) is 10.1 Å². The lowest BCUT2D eigenvalue weighted by atomic mass is 9.84. The number of esters is 1. The van der Waals surface area contributed by atoms with Crippen molar-refractivity contribution in [3.8, 4) is 0 Å². The maximum Gasteiger partial charge on any atom is 0.313 e. The Labute approximate surface area is 103 Å². The predicted molar refractivity (Wildman–Crippen MR) is 64.4 cm³/mol. The minimum absolute atomic E-state index is 0.126. The molecule has 2 heterocycles. The molecule has 2 saturated heterocycles. The molecule has 4 heteroatoms. The number of nitrogens with one attached hydrogen (secondary N) is 1. The van der Waals surface area contributed by atoms with Crippen molar-refractivity contribution in [2.45, 2.75) is 51.4 Å². The first kappa shape index (κ1) is 12.8. The fraction of sp³-hybridized carbons (Fsp3) is 0.923. The van der Waals surface area contributed by atoms with Crippen LogP contribution in [-0.4, -0.2) is 31.5 Å². The van der Waals surface area contributed by atoms with E-state index >= 15 is 0 Å². The van der Waals surface area contributed by atoms with Gasteiger partial charge in [0.05, 0.1) is 13.2 Å². The quantitative estimate of drug-likeness (QED) is 0.744. The molecule has 2 aliphatic rings. The predicted octanol–water partition coefficient (Wildman–Crippen LogP) is 1.69. The molecule has 0 radical (unpaired) electrons. The van der Waals surface area contributed by atoms with Crippen molar-refractivity contribution < 1.29 is 14.3 Å². The maximum atomic E-state index is 11.8. The second-order valence-corrected chi connectivity index (χ2v) is 5.59. The zero-order valence-corrected chi connectivity index (χ0v) is 11.0. The van der Waals surface area contributed by atoms with E-state index in [9.17, 15) is 4.79 Å². The Balaban J connectivity index is 1.97.